The van der Waals surface area contributed by atoms with Crippen LogP contribution < -0.4 is 10.6 Å². The van der Waals surface area contributed by atoms with Crippen LogP contribution in [-0.4, -0.2) is 18.5 Å². The van der Waals surface area contributed by atoms with Gasteiger partial charge in [-0.15, -0.1) is 0 Å². The number of nitrogens with one attached hydrogen (secondary N) is 2. The van der Waals surface area contributed by atoms with Crippen LogP contribution >= 0.6 is 0 Å². The van der Waals surface area contributed by atoms with Crippen molar-refractivity contribution >= 4 is 11.6 Å². The topological polar surface area (TPSA) is 41.1 Å². The smallest absolute Gasteiger partial charge is 0.224 e. The molecule has 1 aliphatic rings. The summed E-state index contributed by atoms with van der Waals surface area (Å²) in [5.74, 6) is 0.113. The highest BCUT2D eigenvalue weighted by Crippen LogP contribution is 2.23. The molecule has 0 saturated carbocycles. The molecule has 1 heterocycles. The van der Waals surface area contributed by atoms with Crippen LogP contribution in [0.3, 0.4) is 0 Å². The molecule has 20 heavy (non-hydrogen) atoms. The minimum atomic E-state index is 0.113. The maximum absolute atomic E-state index is 11.9. The van der Waals surface area contributed by atoms with Gasteiger partial charge in [0.15, 0.2) is 0 Å². The minimum Gasteiger partial charge on any atom is -0.326 e. The molecule has 0 radical (unpaired) electrons. The molecule has 1 aromatic rings. The molecule has 0 aliphatic carbocycles. The maximum Gasteiger partial charge on any atom is 0.224 e. The van der Waals surface area contributed by atoms with Crippen LogP contribution in [-0.2, 0) is 10.2 Å². The molecule has 1 unspecified atom stereocenters. The van der Waals surface area contributed by atoms with Crippen LogP contribution in [0.2, 0.25) is 0 Å². The Morgan fingerprint density at radius 1 is 1.30 bits per heavy atom. The van der Waals surface area contributed by atoms with Crippen molar-refractivity contribution in [2.45, 2.75) is 57.9 Å². The van der Waals surface area contributed by atoms with E-state index < -0.39 is 0 Å². The summed E-state index contributed by atoms with van der Waals surface area (Å²) in [6.07, 6.45) is 3.97. The van der Waals surface area contributed by atoms with E-state index in [-0.39, 0.29) is 11.3 Å². The summed E-state index contributed by atoms with van der Waals surface area (Å²) in [6, 6.07) is 8.70. The van der Waals surface area contributed by atoms with Gasteiger partial charge < -0.3 is 10.6 Å². The molecular weight excluding hydrogens is 248 g/mol. The second-order valence-electron chi connectivity index (χ2n) is 6.71. The fourth-order valence-electron chi connectivity index (χ4n) is 2.59. The normalized spacial score (nSPS) is 19.1. The zero-order valence-electron chi connectivity index (χ0n) is 12.8. The number of anilines is 1. The zero-order chi connectivity index (χ0) is 14.6. The van der Waals surface area contributed by atoms with Crippen molar-refractivity contribution in [3.05, 3.63) is 29.8 Å². The van der Waals surface area contributed by atoms with Gasteiger partial charge in [-0.05, 0) is 48.9 Å². The van der Waals surface area contributed by atoms with E-state index in [2.05, 4.69) is 43.5 Å². The summed E-state index contributed by atoms with van der Waals surface area (Å²) in [4.78, 5) is 11.9. The number of hydrogen-bond acceptors (Lipinski definition) is 2. The van der Waals surface area contributed by atoms with Gasteiger partial charge in [0.05, 0.1) is 0 Å². The van der Waals surface area contributed by atoms with E-state index in [9.17, 15) is 4.79 Å². The zero-order valence-corrected chi connectivity index (χ0v) is 12.8. The van der Waals surface area contributed by atoms with E-state index in [0.29, 0.717) is 12.5 Å². The van der Waals surface area contributed by atoms with Crippen molar-refractivity contribution in [2.24, 2.45) is 0 Å². The third-order valence-electron chi connectivity index (χ3n) is 3.92. The first-order valence-electron chi connectivity index (χ1n) is 7.59. The van der Waals surface area contributed by atoms with Crippen molar-refractivity contribution in [1.29, 1.82) is 0 Å². The lowest BCUT2D eigenvalue weighted by Gasteiger charge is -2.19. The number of benzene rings is 1. The summed E-state index contributed by atoms with van der Waals surface area (Å²) >= 11 is 0. The minimum absolute atomic E-state index is 0.113. The Morgan fingerprint density at radius 2 is 2.00 bits per heavy atom. The largest absolute Gasteiger partial charge is 0.326 e. The Bertz CT molecular complexity index is 439. The number of rotatable bonds is 4. The van der Waals surface area contributed by atoms with Gasteiger partial charge in [0.25, 0.3) is 0 Å². The molecule has 3 heteroatoms. The van der Waals surface area contributed by atoms with Crippen LogP contribution in [0.5, 0.6) is 0 Å². The second kappa shape index (κ2) is 6.40. The lowest BCUT2D eigenvalue weighted by Crippen LogP contribution is -2.23. The third kappa shape index (κ3) is 4.34. The van der Waals surface area contributed by atoms with Gasteiger partial charge in [-0.1, -0.05) is 32.9 Å². The van der Waals surface area contributed by atoms with Crippen LogP contribution in [0.25, 0.3) is 0 Å². The summed E-state index contributed by atoms with van der Waals surface area (Å²) in [5.41, 5.74) is 2.32. The van der Waals surface area contributed by atoms with E-state index >= 15 is 0 Å². The Balaban J connectivity index is 1.81. The van der Waals surface area contributed by atoms with Gasteiger partial charge in [0.2, 0.25) is 5.91 Å². The third-order valence-corrected chi connectivity index (χ3v) is 3.92. The van der Waals surface area contributed by atoms with Crippen LogP contribution in [0.1, 0.15) is 52.0 Å². The molecule has 3 nitrogen and oxygen atoms in total. The highest BCUT2D eigenvalue weighted by Gasteiger charge is 2.16. The van der Waals surface area contributed by atoms with E-state index in [4.69, 9.17) is 0 Å². The monoisotopic (exact) mass is 274 g/mol. The van der Waals surface area contributed by atoms with Crippen molar-refractivity contribution in [3.8, 4) is 0 Å². The SMILES string of the molecule is CC(C)(C)c1ccc(NC(=O)CCC2CCCN2)cc1. The molecular formula is C17H26N2O. The number of amides is 1. The molecule has 0 aromatic heterocycles. The highest BCUT2D eigenvalue weighted by molar-refractivity contribution is 5.90. The summed E-state index contributed by atoms with van der Waals surface area (Å²) in [7, 11) is 0. The molecule has 1 aromatic carbocycles. The molecule has 0 spiro atoms. The first-order valence-corrected chi connectivity index (χ1v) is 7.59. The van der Waals surface area contributed by atoms with Crippen molar-refractivity contribution in [2.75, 3.05) is 11.9 Å². The lowest BCUT2D eigenvalue weighted by atomic mass is 9.87. The Kier molecular flexibility index (Phi) is 4.81. The average Bonchev–Trinajstić information content (AvgIpc) is 2.89. The molecule has 1 atom stereocenters. The van der Waals surface area contributed by atoms with Crippen molar-refractivity contribution < 1.29 is 4.79 Å². The summed E-state index contributed by atoms with van der Waals surface area (Å²) in [5, 5.41) is 6.40. The van der Waals surface area contributed by atoms with Gasteiger partial charge in [-0.3, -0.25) is 4.79 Å². The predicted octanol–water partition coefficient (Wildman–Crippen LogP) is 3.45. The van der Waals surface area contributed by atoms with Gasteiger partial charge in [0, 0.05) is 18.2 Å². The number of carbonyl (C=O) groups is 1. The van der Waals surface area contributed by atoms with Crippen LogP contribution in [0.4, 0.5) is 5.69 Å². The quantitative estimate of drug-likeness (QED) is 0.883. The van der Waals surface area contributed by atoms with E-state index in [0.717, 1.165) is 18.7 Å². The number of carbonyl (C=O) groups excluding carboxylic acids is 1. The lowest BCUT2D eigenvalue weighted by molar-refractivity contribution is -0.116. The van der Waals surface area contributed by atoms with E-state index in [1.54, 1.807) is 0 Å². The van der Waals surface area contributed by atoms with Gasteiger partial charge in [-0.2, -0.15) is 0 Å². The standard InChI is InChI=1S/C17H26N2O/c1-17(2,3)13-6-8-15(9-7-13)19-16(20)11-10-14-5-4-12-18-14/h6-9,14,18H,4-5,10-12H2,1-3H3,(H,19,20). The van der Waals surface area contributed by atoms with Crippen molar-refractivity contribution in [3.63, 3.8) is 0 Å². The van der Waals surface area contributed by atoms with E-state index in [1.165, 1.54) is 18.4 Å². The Labute approximate surface area is 122 Å². The van der Waals surface area contributed by atoms with Gasteiger partial charge >= 0.3 is 0 Å². The molecule has 1 saturated heterocycles. The van der Waals surface area contributed by atoms with Crippen molar-refractivity contribution in [1.82, 2.24) is 5.32 Å². The predicted molar refractivity (Wildman–Crippen MR) is 84.0 cm³/mol. The Morgan fingerprint density at radius 3 is 2.55 bits per heavy atom. The first kappa shape index (κ1) is 15.0. The van der Waals surface area contributed by atoms with Crippen LogP contribution in [0, 0.1) is 0 Å². The van der Waals surface area contributed by atoms with Gasteiger partial charge in [0.1, 0.15) is 0 Å². The highest BCUT2D eigenvalue weighted by atomic mass is 16.1. The second-order valence-corrected chi connectivity index (χ2v) is 6.71. The molecule has 2 rings (SSSR count). The van der Waals surface area contributed by atoms with Crippen LogP contribution in [0.15, 0.2) is 24.3 Å². The summed E-state index contributed by atoms with van der Waals surface area (Å²) < 4.78 is 0. The fraction of sp³-hybridized carbons (Fsp3) is 0.588. The Hall–Kier alpha value is -1.35. The molecule has 1 amide bonds. The molecule has 2 N–H and O–H groups in total. The average molecular weight is 274 g/mol. The first-order chi connectivity index (χ1) is 9.45. The molecule has 110 valence electrons. The van der Waals surface area contributed by atoms with Gasteiger partial charge in [-0.25, -0.2) is 0 Å². The molecule has 0 bridgehead atoms. The molecule has 1 fully saturated rings. The maximum atomic E-state index is 11.9. The fourth-order valence-corrected chi connectivity index (χ4v) is 2.59. The summed E-state index contributed by atoms with van der Waals surface area (Å²) in [6.45, 7) is 7.67. The molecule has 1 aliphatic heterocycles. The van der Waals surface area contributed by atoms with E-state index in [1.807, 2.05) is 12.1 Å². The number of hydrogen-bond donors (Lipinski definition) is 2.